The third-order valence-electron chi connectivity index (χ3n) is 4.73. The normalized spacial score (nSPS) is 24.9. The van der Waals surface area contributed by atoms with Gasteiger partial charge in [0.2, 0.25) is 5.91 Å². The molecule has 1 aliphatic carbocycles. The first-order valence-electron chi connectivity index (χ1n) is 7.81. The zero-order valence-electron chi connectivity index (χ0n) is 12.7. The molecule has 2 aliphatic rings. The molecular formula is C17H25ClN2O. The number of piperazine rings is 1. The number of hydrogen-bond donors (Lipinski definition) is 1. The van der Waals surface area contributed by atoms with Crippen LogP contribution in [0.25, 0.3) is 0 Å². The lowest BCUT2D eigenvalue weighted by Crippen LogP contribution is -2.52. The van der Waals surface area contributed by atoms with Gasteiger partial charge in [-0.25, -0.2) is 0 Å². The van der Waals surface area contributed by atoms with Crippen LogP contribution in [-0.2, 0) is 17.6 Å². The van der Waals surface area contributed by atoms with Crippen LogP contribution in [0.15, 0.2) is 24.3 Å². The van der Waals surface area contributed by atoms with E-state index in [1.54, 1.807) is 0 Å². The molecule has 0 saturated carbocycles. The molecule has 0 radical (unpaired) electrons. The van der Waals surface area contributed by atoms with Gasteiger partial charge in [-0.05, 0) is 43.2 Å². The molecule has 1 amide bonds. The zero-order valence-corrected chi connectivity index (χ0v) is 13.5. The van der Waals surface area contributed by atoms with Crippen molar-refractivity contribution >= 4 is 18.3 Å². The quantitative estimate of drug-likeness (QED) is 0.910. The minimum absolute atomic E-state index is 0. The van der Waals surface area contributed by atoms with Crippen molar-refractivity contribution < 1.29 is 4.79 Å². The summed E-state index contributed by atoms with van der Waals surface area (Å²) in [7, 11) is 0. The summed E-state index contributed by atoms with van der Waals surface area (Å²) in [6.45, 7) is 4.87. The van der Waals surface area contributed by atoms with Gasteiger partial charge < -0.3 is 10.2 Å². The highest BCUT2D eigenvalue weighted by Crippen LogP contribution is 2.28. The Hall–Kier alpha value is -1.06. The van der Waals surface area contributed by atoms with Crippen molar-refractivity contribution in [2.75, 3.05) is 19.6 Å². The molecule has 1 aromatic carbocycles. The van der Waals surface area contributed by atoms with Crippen LogP contribution in [-0.4, -0.2) is 36.5 Å². The van der Waals surface area contributed by atoms with E-state index in [1.807, 2.05) is 0 Å². The molecule has 1 saturated heterocycles. The smallest absolute Gasteiger partial charge is 0.223 e. The van der Waals surface area contributed by atoms with Crippen LogP contribution in [0.1, 0.15) is 30.9 Å². The monoisotopic (exact) mass is 308 g/mol. The Balaban J connectivity index is 0.00000161. The van der Waals surface area contributed by atoms with Crippen LogP contribution in [0.4, 0.5) is 0 Å². The standard InChI is InChI=1S/C17H24N2O.ClH/c1-13-12-18-8-9-19(13)17(20)11-14-6-7-15-4-2-3-5-16(15)10-14;/h2-5,13-14,18H,6-12H2,1H3;1H. The molecule has 1 fully saturated rings. The largest absolute Gasteiger partial charge is 0.337 e. The van der Waals surface area contributed by atoms with Gasteiger partial charge in [0.1, 0.15) is 0 Å². The molecule has 0 spiro atoms. The van der Waals surface area contributed by atoms with Gasteiger partial charge in [0.25, 0.3) is 0 Å². The summed E-state index contributed by atoms with van der Waals surface area (Å²) in [5, 5.41) is 3.34. The number of carbonyl (C=O) groups is 1. The van der Waals surface area contributed by atoms with E-state index in [2.05, 4.69) is 41.4 Å². The number of amides is 1. The van der Waals surface area contributed by atoms with Crippen molar-refractivity contribution in [2.24, 2.45) is 5.92 Å². The van der Waals surface area contributed by atoms with Gasteiger partial charge in [-0.2, -0.15) is 0 Å². The number of benzene rings is 1. The first-order valence-corrected chi connectivity index (χ1v) is 7.81. The second-order valence-electron chi connectivity index (χ2n) is 6.22. The number of fused-ring (bicyclic) bond motifs is 1. The van der Waals surface area contributed by atoms with Crippen LogP contribution in [0.5, 0.6) is 0 Å². The molecule has 2 unspecified atom stereocenters. The van der Waals surface area contributed by atoms with Gasteiger partial charge in [0.05, 0.1) is 0 Å². The summed E-state index contributed by atoms with van der Waals surface area (Å²) in [5.41, 5.74) is 2.93. The highest BCUT2D eigenvalue weighted by molar-refractivity contribution is 5.85. The summed E-state index contributed by atoms with van der Waals surface area (Å²) in [4.78, 5) is 14.6. The molecule has 4 heteroatoms. The Morgan fingerprint density at radius 2 is 2.10 bits per heavy atom. The van der Waals surface area contributed by atoms with Crippen LogP contribution >= 0.6 is 12.4 Å². The van der Waals surface area contributed by atoms with E-state index in [0.717, 1.165) is 45.3 Å². The van der Waals surface area contributed by atoms with Crippen molar-refractivity contribution in [1.29, 1.82) is 0 Å². The maximum Gasteiger partial charge on any atom is 0.223 e. The Bertz CT molecular complexity index is 491. The second-order valence-corrected chi connectivity index (χ2v) is 6.22. The highest BCUT2D eigenvalue weighted by Gasteiger charge is 2.27. The Morgan fingerprint density at radius 1 is 1.33 bits per heavy atom. The fourth-order valence-corrected chi connectivity index (χ4v) is 3.52. The van der Waals surface area contributed by atoms with E-state index >= 15 is 0 Å². The number of nitrogens with one attached hydrogen (secondary N) is 1. The van der Waals surface area contributed by atoms with Gasteiger partial charge in [-0.1, -0.05) is 24.3 Å². The molecule has 1 N–H and O–H groups in total. The Kier molecular flexibility index (Phi) is 5.65. The SMILES string of the molecule is CC1CNCCN1C(=O)CC1CCc2ccccc2C1.Cl. The first-order chi connectivity index (χ1) is 9.74. The highest BCUT2D eigenvalue weighted by atomic mass is 35.5. The van der Waals surface area contributed by atoms with Crippen molar-refractivity contribution in [3.63, 3.8) is 0 Å². The van der Waals surface area contributed by atoms with Crippen molar-refractivity contribution in [3.8, 4) is 0 Å². The molecule has 21 heavy (non-hydrogen) atoms. The Labute approximate surface area is 133 Å². The first kappa shape index (κ1) is 16.3. The van der Waals surface area contributed by atoms with Crippen molar-refractivity contribution in [1.82, 2.24) is 10.2 Å². The maximum absolute atomic E-state index is 12.5. The summed E-state index contributed by atoms with van der Waals surface area (Å²) in [5.74, 6) is 0.878. The number of carbonyl (C=O) groups excluding carboxylic acids is 1. The molecule has 1 aromatic rings. The Morgan fingerprint density at radius 3 is 2.86 bits per heavy atom. The molecule has 3 nitrogen and oxygen atoms in total. The lowest BCUT2D eigenvalue weighted by molar-refractivity contribution is -0.135. The molecule has 3 rings (SSSR count). The topological polar surface area (TPSA) is 32.3 Å². The number of hydrogen-bond acceptors (Lipinski definition) is 2. The van der Waals surface area contributed by atoms with Gasteiger partial charge in [0, 0.05) is 32.1 Å². The maximum atomic E-state index is 12.5. The van der Waals surface area contributed by atoms with Gasteiger partial charge in [-0.15, -0.1) is 12.4 Å². The van der Waals surface area contributed by atoms with E-state index in [9.17, 15) is 4.79 Å². The van der Waals surface area contributed by atoms with Crippen molar-refractivity contribution in [2.45, 2.75) is 38.6 Å². The molecule has 1 heterocycles. The lowest BCUT2D eigenvalue weighted by Gasteiger charge is -2.35. The summed E-state index contributed by atoms with van der Waals surface area (Å²) in [6, 6.07) is 9.02. The van der Waals surface area contributed by atoms with E-state index in [0.29, 0.717) is 17.9 Å². The van der Waals surface area contributed by atoms with Crippen LogP contribution in [0, 0.1) is 5.92 Å². The molecule has 116 valence electrons. The fourth-order valence-electron chi connectivity index (χ4n) is 3.52. The van der Waals surface area contributed by atoms with Gasteiger partial charge in [-0.3, -0.25) is 4.79 Å². The molecule has 0 aromatic heterocycles. The summed E-state index contributed by atoms with van der Waals surface area (Å²) in [6.07, 6.45) is 4.08. The van der Waals surface area contributed by atoms with Crippen LogP contribution in [0.3, 0.4) is 0 Å². The van der Waals surface area contributed by atoms with E-state index < -0.39 is 0 Å². The lowest BCUT2D eigenvalue weighted by atomic mass is 9.82. The van der Waals surface area contributed by atoms with Crippen molar-refractivity contribution in [3.05, 3.63) is 35.4 Å². The van der Waals surface area contributed by atoms with Crippen LogP contribution in [0.2, 0.25) is 0 Å². The molecule has 2 atom stereocenters. The average molecular weight is 309 g/mol. The van der Waals surface area contributed by atoms with E-state index in [-0.39, 0.29) is 12.4 Å². The molecular weight excluding hydrogens is 284 g/mol. The van der Waals surface area contributed by atoms with E-state index in [4.69, 9.17) is 0 Å². The number of halogens is 1. The molecule has 0 bridgehead atoms. The molecule has 1 aliphatic heterocycles. The average Bonchev–Trinajstić information content (AvgIpc) is 2.47. The zero-order chi connectivity index (χ0) is 13.9. The number of nitrogens with zero attached hydrogens (tertiary/aromatic N) is 1. The summed E-state index contributed by atoms with van der Waals surface area (Å²) < 4.78 is 0. The van der Waals surface area contributed by atoms with E-state index in [1.165, 1.54) is 11.1 Å². The minimum Gasteiger partial charge on any atom is -0.337 e. The fraction of sp³-hybridized carbons (Fsp3) is 0.588. The summed E-state index contributed by atoms with van der Waals surface area (Å²) >= 11 is 0. The third kappa shape index (κ3) is 3.78. The predicted molar refractivity (Wildman–Crippen MR) is 87.9 cm³/mol. The van der Waals surface area contributed by atoms with Gasteiger partial charge >= 0.3 is 0 Å². The second kappa shape index (κ2) is 7.28. The predicted octanol–water partition coefficient (Wildman–Crippen LogP) is 2.42. The minimum atomic E-state index is 0. The third-order valence-corrected chi connectivity index (χ3v) is 4.73. The van der Waals surface area contributed by atoms with Gasteiger partial charge in [0.15, 0.2) is 0 Å². The number of rotatable bonds is 2. The van der Waals surface area contributed by atoms with Crippen LogP contribution < -0.4 is 5.32 Å². The number of aryl methyl sites for hydroxylation is 1.